The lowest BCUT2D eigenvalue weighted by atomic mass is 9.82. The summed E-state index contributed by atoms with van der Waals surface area (Å²) in [6.07, 6.45) is 3.52. The number of ether oxygens (including phenoxy) is 2. The van der Waals surface area contributed by atoms with Gasteiger partial charge < -0.3 is 18.8 Å². The topological polar surface area (TPSA) is 51.9 Å². The molecule has 3 heterocycles. The molecule has 0 spiro atoms. The predicted octanol–water partition coefficient (Wildman–Crippen LogP) is 3.30. The van der Waals surface area contributed by atoms with Crippen molar-refractivity contribution in [3.63, 3.8) is 0 Å². The molecule has 4 rings (SSSR count). The number of hydrogen-bond donors (Lipinski definition) is 0. The van der Waals surface area contributed by atoms with E-state index in [1.807, 2.05) is 43.0 Å². The Morgan fingerprint density at radius 1 is 1.12 bits per heavy atom. The average molecular weight is 341 g/mol. The first-order valence-electron chi connectivity index (χ1n) is 8.80. The summed E-state index contributed by atoms with van der Waals surface area (Å²) in [5.41, 5.74) is 1.42. The Labute approximate surface area is 147 Å². The van der Waals surface area contributed by atoms with Crippen molar-refractivity contribution in [1.29, 1.82) is 0 Å². The SMILES string of the molecule is CC(C)(C(=O)N1CCCc2occc2C1)c1ccc2c(c1)OCCO2. The van der Waals surface area contributed by atoms with Crippen LogP contribution in [0.5, 0.6) is 11.5 Å². The molecule has 0 atom stereocenters. The summed E-state index contributed by atoms with van der Waals surface area (Å²) >= 11 is 0. The molecule has 1 aromatic heterocycles. The fourth-order valence-electron chi connectivity index (χ4n) is 3.57. The van der Waals surface area contributed by atoms with Gasteiger partial charge in [-0.25, -0.2) is 0 Å². The van der Waals surface area contributed by atoms with Crippen LogP contribution < -0.4 is 9.47 Å². The van der Waals surface area contributed by atoms with Gasteiger partial charge in [0.25, 0.3) is 0 Å². The largest absolute Gasteiger partial charge is 0.486 e. The molecule has 0 saturated carbocycles. The van der Waals surface area contributed by atoms with Crippen molar-refractivity contribution in [3.8, 4) is 11.5 Å². The van der Waals surface area contributed by atoms with Gasteiger partial charge in [-0.1, -0.05) is 6.07 Å². The van der Waals surface area contributed by atoms with E-state index in [-0.39, 0.29) is 5.91 Å². The number of rotatable bonds is 2. The number of furan rings is 1. The lowest BCUT2D eigenvalue weighted by Gasteiger charge is -2.32. The van der Waals surface area contributed by atoms with Crippen molar-refractivity contribution in [2.75, 3.05) is 19.8 Å². The van der Waals surface area contributed by atoms with E-state index in [1.54, 1.807) is 6.26 Å². The van der Waals surface area contributed by atoms with Crippen molar-refractivity contribution in [2.24, 2.45) is 0 Å². The molecule has 25 heavy (non-hydrogen) atoms. The van der Waals surface area contributed by atoms with E-state index in [9.17, 15) is 4.79 Å². The maximum Gasteiger partial charge on any atom is 0.232 e. The third-order valence-corrected chi connectivity index (χ3v) is 5.12. The third-order valence-electron chi connectivity index (χ3n) is 5.12. The molecule has 0 N–H and O–H groups in total. The van der Waals surface area contributed by atoms with Gasteiger partial charge in [0.05, 0.1) is 11.7 Å². The van der Waals surface area contributed by atoms with E-state index in [4.69, 9.17) is 13.9 Å². The van der Waals surface area contributed by atoms with Gasteiger partial charge in [-0.05, 0) is 44.0 Å². The highest BCUT2D eigenvalue weighted by Gasteiger charge is 2.35. The summed E-state index contributed by atoms with van der Waals surface area (Å²) in [5.74, 6) is 2.60. The van der Waals surface area contributed by atoms with Gasteiger partial charge in [0, 0.05) is 25.1 Å². The lowest BCUT2D eigenvalue weighted by Crippen LogP contribution is -2.43. The van der Waals surface area contributed by atoms with Crippen LogP contribution in [-0.4, -0.2) is 30.6 Å². The van der Waals surface area contributed by atoms with E-state index in [1.165, 1.54) is 0 Å². The standard InChI is InChI=1S/C20H23NO4/c1-20(2,15-5-6-17-18(12-15)25-11-10-24-17)19(22)21-8-3-4-16-14(13-21)7-9-23-16/h5-7,9,12H,3-4,8,10-11,13H2,1-2H3. The molecule has 132 valence electrons. The Hall–Kier alpha value is -2.43. The summed E-state index contributed by atoms with van der Waals surface area (Å²) in [7, 11) is 0. The highest BCUT2D eigenvalue weighted by atomic mass is 16.6. The van der Waals surface area contributed by atoms with Crippen molar-refractivity contribution < 1.29 is 18.7 Å². The van der Waals surface area contributed by atoms with Gasteiger partial charge in [0.15, 0.2) is 11.5 Å². The summed E-state index contributed by atoms with van der Waals surface area (Å²) in [6, 6.07) is 7.77. The fraction of sp³-hybridized carbons (Fsp3) is 0.450. The van der Waals surface area contributed by atoms with Crippen molar-refractivity contribution >= 4 is 5.91 Å². The van der Waals surface area contributed by atoms with Crippen molar-refractivity contribution in [1.82, 2.24) is 4.90 Å². The molecule has 0 fully saturated rings. The van der Waals surface area contributed by atoms with E-state index in [0.29, 0.717) is 19.8 Å². The van der Waals surface area contributed by atoms with Gasteiger partial charge in [-0.15, -0.1) is 0 Å². The Kier molecular flexibility index (Phi) is 3.94. The van der Waals surface area contributed by atoms with Gasteiger partial charge in [0.2, 0.25) is 5.91 Å². The van der Waals surface area contributed by atoms with Crippen LogP contribution in [0.4, 0.5) is 0 Å². The number of hydrogen-bond acceptors (Lipinski definition) is 4. The molecule has 2 aliphatic heterocycles. The minimum Gasteiger partial charge on any atom is -0.486 e. The van der Waals surface area contributed by atoms with E-state index < -0.39 is 5.41 Å². The third kappa shape index (κ3) is 2.88. The maximum atomic E-state index is 13.3. The highest BCUT2D eigenvalue weighted by molar-refractivity contribution is 5.87. The number of amides is 1. The van der Waals surface area contributed by atoms with E-state index in [2.05, 4.69) is 0 Å². The fourth-order valence-corrected chi connectivity index (χ4v) is 3.57. The summed E-state index contributed by atoms with van der Waals surface area (Å²) < 4.78 is 16.8. The molecular weight excluding hydrogens is 318 g/mol. The number of carbonyl (C=O) groups is 1. The molecule has 2 aliphatic rings. The minimum absolute atomic E-state index is 0.123. The second-order valence-corrected chi connectivity index (χ2v) is 7.18. The summed E-state index contributed by atoms with van der Waals surface area (Å²) in [6.45, 7) is 6.41. The molecule has 5 nitrogen and oxygen atoms in total. The number of carbonyl (C=O) groups excluding carboxylic acids is 1. The first-order valence-corrected chi connectivity index (χ1v) is 8.80. The highest BCUT2D eigenvalue weighted by Crippen LogP contribution is 2.36. The number of nitrogens with zero attached hydrogens (tertiary/aromatic N) is 1. The first-order chi connectivity index (χ1) is 12.1. The van der Waals surface area contributed by atoms with Crippen LogP contribution in [0.2, 0.25) is 0 Å². The molecule has 0 bridgehead atoms. The summed E-state index contributed by atoms with van der Waals surface area (Å²) in [4.78, 5) is 15.2. The Morgan fingerprint density at radius 3 is 2.76 bits per heavy atom. The second-order valence-electron chi connectivity index (χ2n) is 7.18. The normalized spacial score (nSPS) is 17.0. The number of aryl methyl sites for hydroxylation is 1. The van der Waals surface area contributed by atoms with E-state index in [0.717, 1.165) is 47.8 Å². The van der Waals surface area contributed by atoms with Gasteiger partial charge in [-0.3, -0.25) is 4.79 Å². The smallest absolute Gasteiger partial charge is 0.232 e. The Morgan fingerprint density at radius 2 is 1.92 bits per heavy atom. The minimum atomic E-state index is -0.635. The molecule has 5 heteroatoms. The Bertz CT molecular complexity index is 793. The van der Waals surface area contributed by atoms with Gasteiger partial charge in [-0.2, -0.15) is 0 Å². The maximum absolute atomic E-state index is 13.3. The molecule has 2 aromatic rings. The second kappa shape index (κ2) is 6.14. The molecular formula is C20H23NO4. The van der Waals surface area contributed by atoms with Gasteiger partial charge in [0.1, 0.15) is 19.0 Å². The summed E-state index contributed by atoms with van der Waals surface area (Å²) in [5, 5.41) is 0. The molecule has 0 aliphatic carbocycles. The predicted molar refractivity (Wildman–Crippen MR) is 92.9 cm³/mol. The van der Waals surface area contributed by atoms with Crippen LogP contribution in [0.3, 0.4) is 0 Å². The average Bonchev–Trinajstić information content (AvgIpc) is 2.97. The van der Waals surface area contributed by atoms with E-state index >= 15 is 0 Å². The zero-order valence-electron chi connectivity index (χ0n) is 14.7. The number of benzene rings is 1. The monoisotopic (exact) mass is 341 g/mol. The number of fused-ring (bicyclic) bond motifs is 2. The van der Waals surface area contributed by atoms with Crippen LogP contribution in [0.1, 0.15) is 37.2 Å². The first kappa shape index (κ1) is 16.1. The quantitative estimate of drug-likeness (QED) is 0.841. The van der Waals surface area contributed by atoms with Crippen LogP contribution in [-0.2, 0) is 23.2 Å². The lowest BCUT2D eigenvalue weighted by molar-refractivity contribution is -0.136. The van der Waals surface area contributed by atoms with Crippen LogP contribution >= 0.6 is 0 Å². The zero-order valence-corrected chi connectivity index (χ0v) is 14.7. The van der Waals surface area contributed by atoms with Crippen molar-refractivity contribution in [2.45, 2.75) is 38.6 Å². The molecule has 0 saturated heterocycles. The zero-order chi connectivity index (χ0) is 17.4. The van der Waals surface area contributed by atoms with Crippen LogP contribution in [0.25, 0.3) is 0 Å². The van der Waals surface area contributed by atoms with Crippen LogP contribution in [0, 0.1) is 0 Å². The Balaban J connectivity index is 1.60. The van der Waals surface area contributed by atoms with Crippen LogP contribution in [0.15, 0.2) is 34.9 Å². The molecule has 0 radical (unpaired) electrons. The van der Waals surface area contributed by atoms with Crippen molar-refractivity contribution in [3.05, 3.63) is 47.4 Å². The molecule has 0 unspecified atom stereocenters. The molecule has 1 amide bonds. The van der Waals surface area contributed by atoms with Gasteiger partial charge >= 0.3 is 0 Å². The molecule has 1 aromatic carbocycles.